The van der Waals surface area contributed by atoms with Gasteiger partial charge in [0.2, 0.25) is 0 Å². The number of nitrogens with one attached hydrogen (secondary N) is 1. The molecule has 1 atom stereocenters. The van der Waals surface area contributed by atoms with Crippen LogP contribution in [0.4, 0.5) is 0 Å². The highest BCUT2D eigenvalue weighted by Crippen LogP contribution is 2.28. The Hall–Kier alpha value is -0.160. The second-order valence-electron chi connectivity index (χ2n) is 6.73. The van der Waals surface area contributed by atoms with Crippen molar-refractivity contribution < 1.29 is 5.11 Å². The lowest BCUT2D eigenvalue weighted by atomic mass is 9.84. The van der Waals surface area contributed by atoms with Gasteiger partial charge in [0, 0.05) is 45.3 Å². The first-order valence-corrected chi connectivity index (χ1v) is 8.50. The second kappa shape index (κ2) is 8.32. The van der Waals surface area contributed by atoms with Crippen LogP contribution in [0.25, 0.3) is 0 Å². The number of aliphatic hydroxyl groups excluding tert-OH is 1. The zero-order valence-electron chi connectivity index (χ0n) is 13.4. The molecule has 4 nitrogen and oxygen atoms in total. The molecule has 2 aliphatic rings. The van der Waals surface area contributed by atoms with Crippen LogP contribution in [0.15, 0.2) is 0 Å². The predicted molar refractivity (Wildman–Crippen MR) is 84.0 cm³/mol. The Balaban J connectivity index is 1.66. The molecule has 1 aliphatic heterocycles. The molecule has 4 heteroatoms. The summed E-state index contributed by atoms with van der Waals surface area (Å²) in [6.07, 6.45) is 6.51. The topological polar surface area (TPSA) is 38.7 Å². The number of β-amino-alcohol motifs (C(OH)–C–C–N with tert-alkyl or cyclic N) is 1. The van der Waals surface area contributed by atoms with Crippen molar-refractivity contribution in [3.8, 4) is 0 Å². The summed E-state index contributed by atoms with van der Waals surface area (Å²) in [4.78, 5) is 4.78. The molecular weight excluding hydrogens is 250 g/mol. The van der Waals surface area contributed by atoms with Gasteiger partial charge in [-0.3, -0.25) is 4.90 Å². The van der Waals surface area contributed by atoms with E-state index in [9.17, 15) is 5.11 Å². The fourth-order valence-electron chi connectivity index (χ4n) is 3.72. The summed E-state index contributed by atoms with van der Waals surface area (Å²) in [7, 11) is 2.19. The summed E-state index contributed by atoms with van der Waals surface area (Å²) in [6, 6.07) is 0.690. The van der Waals surface area contributed by atoms with Gasteiger partial charge in [-0.2, -0.15) is 0 Å². The third kappa shape index (κ3) is 4.99. The maximum absolute atomic E-state index is 10.3. The molecular formula is C16H33N3O. The number of likely N-dealkylation sites (N-methyl/N-ethyl adjacent to an activating group) is 1. The fourth-order valence-corrected chi connectivity index (χ4v) is 3.72. The van der Waals surface area contributed by atoms with Crippen LogP contribution in [0.1, 0.15) is 39.0 Å². The van der Waals surface area contributed by atoms with Gasteiger partial charge < -0.3 is 15.3 Å². The zero-order valence-corrected chi connectivity index (χ0v) is 13.4. The van der Waals surface area contributed by atoms with Gasteiger partial charge in [0.15, 0.2) is 0 Å². The molecule has 2 rings (SSSR count). The Morgan fingerprint density at radius 2 is 1.85 bits per heavy atom. The summed E-state index contributed by atoms with van der Waals surface area (Å²) in [5.74, 6) is 0.949. The van der Waals surface area contributed by atoms with Crippen molar-refractivity contribution in [3.63, 3.8) is 0 Å². The molecule has 1 saturated carbocycles. The zero-order chi connectivity index (χ0) is 14.4. The number of nitrogens with zero attached hydrogens (tertiary/aromatic N) is 2. The van der Waals surface area contributed by atoms with Crippen molar-refractivity contribution in [1.29, 1.82) is 0 Å². The molecule has 0 aromatic carbocycles. The molecule has 20 heavy (non-hydrogen) atoms. The van der Waals surface area contributed by atoms with Gasteiger partial charge in [0.25, 0.3) is 0 Å². The van der Waals surface area contributed by atoms with Crippen molar-refractivity contribution in [2.45, 2.75) is 51.2 Å². The molecule has 1 heterocycles. The van der Waals surface area contributed by atoms with E-state index >= 15 is 0 Å². The quantitative estimate of drug-likeness (QED) is 0.767. The highest BCUT2D eigenvalue weighted by molar-refractivity contribution is 4.80. The largest absolute Gasteiger partial charge is 0.390 e. The normalized spacial score (nSPS) is 30.6. The summed E-state index contributed by atoms with van der Waals surface area (Å²) >= 11 is 0. The van der Waals surface area contributed by atoms with E-state index in [2.05, 4.69) is 29.1 Å². The van der Waals surface area contributed by atoms with Gasteiger partial charge in [-0.05, 0) is 38.6 Å². The molecule has 118 valence electrons. The van der Waals surface area contributed by atoms with Crippen molar-refractivity contribution >= 4 is 0 Å². The van der Waals surface area contributed by atoms with Gasteiger partial charge in [-0.1, -0.05) is 13.3 Å². The molecule has 0 radical (unpaired) electrons. The molecule has 0 spiro atoms. The van der Waals surface area contributed by atoms with Crippen LogP contribution in [-0.2, 0) is 0 Å². The van der Waals surface area contributed by atoms with E-state index < -0.39 is 0 Å². The molecule has 1 unspecified atom stereocenters. The SMILES string of the molecule is CCC1CCC(N(C)CC(O)CN2CCNCC2)CC1. The van der Waals surface area contributed by atoms with Crippen LogP contribution in [0.5, 0.6) is 0 Å². The average Bonchev–Trinajstić information content (AvgIpc) is 2.48. The van der Waals surface area contributed by atoms with Gasteiger partial charge in [0.1, 0.15) is 0 Å². The van der Waals surface area contributed by atoms with Gasteiger partial charge in [0.05, 0.1) is 6.10 Å². The standard InChI is InChI=1S/C16H33N3O/c1-3-14-4-6-15(7-5-14)18(2)12-16(20)13-19-10-8-17-9-11-19/h14-17,20H,3-13H2,1-2H3. The van der Waals surface area contributed by atoms with Crippen molar-refractivity contribution in [2.75, 3.05) is 46.3 Å². The number of piperazine rings is 1. The van der Waals surface area contributed by atoms with Gasteiger partial charge in [-0.15, -0.1) is 0 Å². The van der Waals surface area contributed by atoms with Crippen LogP contribution in [0, 0.1) is 5.92 Å². The van der Waals surface area contributed by atoms with E-state index in [1.165, 1.54) is 32.1 Å². The van der Waals surface area contributed by atoms with E-state index in [0.29, 0.717) is 6.04 Å². The predicted octanol–water partition coefficient (Wildman–Crippen LogP) is 1.15. The second-order valence-corrected chi connectivity index (χ2v) is 6.73. The van der Waals surface area contributed by atoms with Crippen molar-refractivity contribution in [1.82, 2.24) is 15.1 Å². The highest BCUT2D eigenvalue weighted by atomic mass is 16.3. The number of rotatable bonds is 6. The number of aliphatic hydroxyl groups is 1. The maximum Gasteiger partial charge on any atom is 0.0793 e. The van der Waals surface area contributed by atoms with E-state index in [4.69, 9.17) is 0 Å². The number of hydrogen-bond acceptors (Lipinski definition) is 4. The molecule has 2 fully saturated rings. The monoisotopic (exact) mass is 283 g/mol. The summed E-state index contributed by atoms with van der Waals surface area (Å²) in [6.45, 7) is 8.23. The fraction of sp³-hybridized carbons (Fsp3) is 1.00. The van der Waals surface area contributed by atoms with Crippen LogP contribution >= 0.6 is 0 Å². The number of hydrogen-bond donors (Lipinski definition) is 2. The minimum absolute atomic E-state index is 0.206. The van der Waals surface area contributed by atoms with Crippen molar-refractivity contribution in [3.05, 3.63) is 0 Å². The smallest absolute Gasteiger partial charge is 0.0793 e. The Labute approximate surface area is 124 Å². The summed E-state index contributed by atoms with van der Waals surface area (Å²) < 4.78 is 0. The molecule has 0 aromatic heterocycles. The van der Waals surface area contributed by atoms with E-state index in [-0.39, 0.29) is 6.10 Å². The van der Waals surface area contributed by atoms with Gasteiger partial charge in [-0.25, -0.2) is 0 Å². The van der Waals surface area contributed by atoms with Gasteiger partial charge >= 0.3 is 0 Å². The first kappa shape index (κ1) is 16.2. The minimum Gasteiger partial charge on any atom is -0.390 e. The van der Waals surface area contributed by atoms with Crippen LogP contribution in [0.3, 0.4) is 0 Å². The Bertz CT molecular complexity index is 260. The molecule has 1 saturated heterocycles. The third-order valence-corrected chi connectivity index (χ3v) is 5.19. The third-order valence-electron chi connectivity index (χ3n) is 5.19. The molecule has 1 aliphatic carbocycles. The molecule has 0 aromatic rings. The molecule has 0 amide bonds. The van der Waals surface area contributed by atoms with Crippen LogP contribution in [0.2, 0.25) is 0 Å². The molecule has 0 bridgehead atoms. The van der Waals surface area contributed by atoms with Crippen LogP contribution < -0.4 is 5.32 Å². The first-order chi connectivity index (χ1) is 9.69. The van der Waals surface area contributed by atoms with E-state index in [1.54, 1.807) is 0 Å². The Morgan fingerprint density at radius 3 is 2.45 bits per heavy atom. The first-order valence-electron chi connectivity index (χ1n) is 8.50. The van der Waals surface area contributed by atoms with E-state index in [1.807, 2.05) is 0 Å². The lowest BCUT2D eigenvalue weighted by Crippen LogP contribution is -2.49. The van der Waals surface area contributed by atoms with Crippen LogP contribution in [-0.4, -0.2) is 73.4 Å². The highest BCUT2D eigenvalue weighted by Gasteiger charge is 2.24. The van der Waals surface area contributed by atoms with Crippen molar-refractivity contribution in [2.24, 2.45) is 5.92 Å². The summed E-state index contributed by atoms with van der Waals surface area (Å²) in [5.41, 5.74) is 0. The Kier molecular flexibility index (Phi) is 6.75. The van der Waals surface area contributed by atoms with E-state index in [0.717, 1.165) is 45.2 Å². The average molecular weight is 283 g/mol. The lowest BCUT2D eigenvalue weighted by Gasteiger charge is -2.36. The summed E-state index contributed by atoms with van der Waals surface area (Å²) in [5, 5.41) is 13.7. The Morgan fingerprint density at radius 1 is 1.20 bits per heavy atom. The minimum atomic E-state index is -0.206. The molecule has 2 N–H and O–H groups in total. The lowest BCUT2D eigenvalue weighted by molar-refractivity contribution is 0.0540. The maximum atomic E-state index is 10.3.